The van der Waals surface area contributed by atoms with E-state index in [1.807, 2.05) is 13.1 Å². The van der Waals surface area contributed by atoms with Gasteiger partial charge in [-0.2, -0.15) is 0 Å². The normalized spacial score (nSPS) is 29.2. The van der Waals surface area contributed by atoms with Gasteiger partial charge >= 0.3 is 0 Å². The summed E-state index contributed by atoms with van der Waals surface area (Å²) in [5, 5.41) is 3.30. The standard InChI is InChI=1S/C16H24N2O2/c1-11-9-13(11)15-7-6-12(20-15)10-18(2)16(19)14-5-3-4-8-17-14/h6-7,11,13-14,17H,3-5,8-10H2,1-2H3/t11?,13?,14-/m1/s1. The quantitative estimate of drug-likeness (QED) is 0.919. The van der Waals surface area contributed by atoms with Gasteiger partial charge in [-0.15, -0.1) is 0 Å². The van der Waals surface area contributed by atoms with Crippen LogP contribution in [0.3, 0.4) is 0 Å². The summed E-state index contributed by atoms with van der Waals surface area (Å²) < 4.78 is 5.87. The average molecular weight is 276 g/mol. The van der Waals surface area contributed by atoms with Crippen LogP contribution >= 0.6 is 0 Å². The Morgan fingerprint density at radius 2 is 2.25 bits per heavy atom. The third kappa shape index (κ3) is 2.90. The second-order valence-corrected chi connectivity index (χ2v) is 6.32. The molecule has 0 bridgehead atoms. The lowest BCUT2D eigenvalue weighted by Crippen LogP contribution is -2.46. The summed E-state index contributed by atoms with van der Waals surface area (Å²) in [4.78, 5) is 14.1. The molecule has 2 unspecified atom stereocenters. The minimum Gasteiger partial charge on any atom is -0.464 e. The van der Waals surface area contributed by atoms with E-state index >= 15 is 0 Å². The van der Waals surface area contributed by atoms with Crippen molar-refractivity contribution >= 4 is 5.91 Å². The summed E-state index contributed by atoms with van der Waals surface area (Å²) >= 11 is 0. The second-order valence-electron chi connectivity index (χ2n) is 6.32. The van der Waals surface area contributed by atoms with Gasteiger partial charge in [-0.05, 0) is 43.9 Å². The third-order valence-electron chi connectivity index (χ3n) is 4.54. The Labute approximate surface area is 120 Å². The van der Waals surface area contributed by atoms with E-state index in [2.05, 4.69) is 18.3 Å². The van der Waals surface area contributed by atoms with Crippen molar-refractivity contribution in [1.29, 1.82) is 0 Å². The maximum atomic E-state index is 12.3. The predicted molar refractivity (Wildman–Crippen MR) is 77.3 cm³/mol. The number of nitrogens with one attached hydrogen (secondary N) is 1. The fourth-order valence-corrected chi connectivity index (χ4v) is 3.04. The minimum atomic E-state index is -0.00774. The Bertz CT molecular complexity index is 477. The molecule has 1 aromatic rings. The van der Waals surface area contributed by atoms with E-state index in [-0.39, 0.29) is 11.9 Å². The number of amides is 1. The highest BCUT2D eigenvalue weighted by Crippen LogP contribution is 2.47. The Morgan fingerprint density at radius 1 is 1.45 bits per heavy atom. The van der Waals surface area contributed by atoms with Gasteiger partial charge in [0, 0.05) is 13.0 Å². The van der Waals surface area contributed by atoms with E-state index in [0.29, 0.717) is 12.5 Å². The fraction of sp³-hybridized carbons (Fsp3) is 0.688. The van der Waals surface area contributed by atoms with E-state index in [1.54, 1.807) is 4.90 Å². The number of hydrogen-bond acceptors (Lipinski definition) is 3. The molecule has 1 aliphatic carbocycles. The first kappa shape index (κ1) is 13.7. The van der Waals surface area contributed by atoms with Gasteiger partial charge in [0.1, 0.15) is 11.5 Å². The molecule has 4 nitrogen and oxygen atoms in total. The molecule has 1 aromatic heterocycles. The van der Waals surface area contributed by atoms with Crippen LogP contribution in [0.4, 0.5) is 0 Å². The summed E-state index contributed by atoms with van der Waals surface area (Å²) in [7, 11) is 1.86. The first-order chi connectivity index (χ1) is 9.65. The molecule has 1 saturated carbocycles. The van der Waals surface area contributed by atoms with Crippen molar-refractivity contribution in [3.8, 4) is 0 Å². The molecule has 0 aromatic carbocycles. The summed E-state index contributed by atoms with van der Waals surface area (Å²) in [5.41, 5.74) is 0. The molecule has 2 heterocycles. The molecule has 1 aliphatic heterocycles. The maximum Gasteiger partial charge on any atom is 0.239 e. The Balaban J connectivity index is 1.56. The number of likely N-dealkylation sites (N-methyl/N-ethyl adjacent to an activating group) is 1. The van der Waals surface area contributed by atoms with Gasteiger partial charge in [0.05, 0.1) is 12.6 Å². The van der Waals surface area contributed by atoms with Gasteiger partial charge in [0.15, 0.2) is 0 Å². The molecule has 1 amide bonds. The predicted octanol–water partition coefficient (Wildman–Crippen LogP) is 2.50. The topological polar surface area (TPSA) is 45.5 Å². The smallest absolute Gasteiger partial charge is 0.239 e. The van der Waals surface area contributed by atoms with Gasteiger partial charge < -0.3 is 14.6 Å². The lowest BCUT2D eigenvalue weighted by Gasteiger charge is -2.27. The van der Waals surface area contributed by atoms with E-state index < -0.39 is 0 Å². The number of rotatable bonds is 4. The van der Waals surface area contributed by atoms with Crippen LogP contribution in [-0.4, -0.2) is 30.4 Å². The molecule has 2 aliphatic rings. The van der Waals surface area contributed by atoms with E-state index in [4.69, 9.17) is 4.42 Å². The van der Waals surface area contributed by atoms with Gasteiger partial charge in [-0.25, -0.2) is 0 Å². The number of carbonyl (C=O) groups excluding carboxylic acids is 1. The summed E-state index contributed by atoms with van der Waals surface area (Å²) in [5.74, 6) is 3.52. The first-order valence-corrected chi connectivity index (χ1v) is 7.72. The van der Waals surface area contributed by atoms with Crippen LogP contribution in [-0.2, 0) is 11.3 Å². The highest BCUT2D eigenvalue weighted by molar-refractivity contribution is 5.81. The van der Waals surface area contributed by atoms with Gasteiger partial charge in [0.2, 0.25) is 5.91 Å². The summed E-state index contributed by atoms with van der Waals surface area (Å²) in [6, 6.07) is 4.07. The lowest BCUT2D eigenvalue weighted by molar-refractivity contribution is -0.133. The van der Waals surface area contributed by atoms with Crippen molar-refractivity contribution in [2.45, 2.75) is 51.1 Å². The summed E-state index contributed by atoms with van der Waals surface area (Å²) in [6.45, 7) is 3.77. The minimum absolute atomic E-state index is 0.00774. The highest BCUT2D eigenvalue weighted by atomic mass is 16.3. The van der Waals surface area contributed by atoms with Crippen molar-refractivity contribution < 1.29 is 9.21 Å². The average Bonchev–Trinajstić information content (AvgIpc) is 3.01. The highest BCUT2D eigenvalue weighted by Gasteiger charge is 2.36. The molecule has 0 spiro atoms. The number of hydrogen-bond donors (Lipinski definition) is 1. The van der Waals surface area contributed by atoms with Crippen molar-refractivity contribution in [3.63, 3.8) is 0 Å². The Morgan fingerprint density at radius 3 is 2.90 bits per heavy atom. The van der Waals surface area contributed by atoms with E-state index in [1.165, 1.54) is 12.8 Å². The zero-order chi connectivity index (χ0) is 14.1. The van der Waals surface area contributed by atoms with Gasteiger partial charge in [0.25, 0.3) is 0 Å². The molecule has 2 fully saturated rings. The van der Waals surface area contributed by atoms with Crippen LogP contribution in [0.2, 0.25) is 0 Å². The second kappa shape index (κ2) is 5.60. The SMILES string of the molecule is CC1CC1c1ccc(CN(C)C(=O)[C@H]2CCCCN2)o1. The van der Waals surface area contributed by atoms with Crippen molar-refractivity contribution in [3.05, 3.63) is 23.7 Å². The molecule has 20 heavy (non-hydrogen) atoms. The molecular formula is C16H24N2O2. The van der Waals surface area contributed by atoms with Crippen LogP contribution in [0.5, 0.6) is 0 Å². The fourth-order valence-electron chi connectivity index (χ4n) is 3.04. The molecule has 3 rings (SSSR count). The van der Waals surface area contributed by atoms with Crippen LogP contribution in [0.25, 0.3) is 0 Å². The maximum absolute atomic E-state index is 12.3. The molecule has 1 saturated heterocycles. The molecule has 4 heteroatoms. The van der Waals surface area contributed by atoms with Crippen LogP contribution in [0, 0.1) is 5.92 Å². The Kier molecular flexibility index (Phi) is 3.83. The zero-order valence-electron chi connectivity index (χ0n) is 12.4. The summed E-state index contributed by atoms with van der Waals surface area (Å²) in [6.07, 6.45) is 4.50. The molecule has 3 atom stereocenters. The molecule has 110 valence electrons. The molecule has 1 N–H and O–H groups in total. The van der Waals surface area contributed by atoms with Crippen LogP contribution in [0.15, 0.2) is 16.5 Å². The third-order valence-corrected chi connectivity index (χ3v) is 4.54. The van der Waals surface area contributed by atoms with E-state index in [9.17, 15) is 4.79 Å². The zero-order valence-corrected chi connectivity index (χ0v) is 12.4. The van der Waals surface area contributed by atoms with Crippen molar-refractivity contribution in [1.82, 2.24) is 10.2 Å². The van der Waals surface area contributed by atoms with E-state index in [0.717, 1.165) is 36.8 Å². The van der Waals surface area contributed by atoms with Gasteiger partial charge in [-0.3, -0.25) is 4.79 Å². The largest absolute Gasteiger partial charge is 0.464 e. The van der Waals surface area contributed by atoms with Gasteiger partial charge in [-0.1, -0.05) is 13.3 Å². The number of piperidine rings is 1. The molecule has 0 radical (unpaired) electrons. The number of carbonyl (C=O) groups is 1. The lowest BCUT2D eigenvalue weighted by atomic mass is 10.0. The molecular weight excluding hydrogens is 252 g/mol. The van der Waals surface area contributed by atoms with Crippen molar-refractivity contribution in [2.24, 2.45) is 5.92 Å². The number of furan rings is 1. The first-order valence-electron chi connectivity index (χ1n) is 7.72. The van der Waals surface area contributed by atoms with Crippen LogP contribution < -0.4 is 5.32 Å². The van der Waals surface area contributed by atoms with Crippen molar-refractivity contribution in [2.75, 3.05) is 13.6 Å². The number of nitrogens with zero attached hydrogens (tertiary/aromatic N) is 1. The monoisotopic (exact) mass is 276 g/mol. The van der Waals surface area contributed by atoms with Crippen LogP contribution in [0.1, 0.15) is 50.0 Å². The Hall–Kier alpha value is -1.29.